The Morgan fingerprint density at radius 3 is 2.96 bits per heavy atom. The van der Waals surface area contributed by atoms with Gasteiger partial charge in [0.05, 0.1) is 6.04 Å². The van der Waals surface area contributed by atoms with Gasteiger partial charge in [-0.15, -0.1) is 0 Å². The van der Waals surface area contributed by atoms with Crippen LogP contribution >= 0.6 is 0 Å². The van der Waals surface area contributed by atoms with E-state index in [1.807, 2.05) is 6.20 Å². The molecule has 2 aliphatic rings. The Morgan fingerprint density at radius 2 is 2.17 bits per heavy atom. The molecule has 2 fully saturated rings. The van der Waals surface area contributed by atoms with E-state index in [-0.39, 0.29) is 0 Å². The van der Waals surface area contributed by atoms with Crippen molar-refractivity contribution in [3.05, 3.63) is 18.2 Å². The highest BCUT2D eigenvalue weighted by Crippen LogP contribution is 2.25. The minimum Gasteiger partial charge on any atom is -0.341 e. The highest BCUT2D eigenvalue weighted by atomic mass is 16.2. The number of nitrogens with zero attached hydrogens (tertiary/aromatic N) is 3. The molecule has 5 heteroatoms. The number of nitrogens with one attached hydrogen (secondary N) is 1. The molecule has 0 saturated carbocycles. The Balaban J connectivity index is 1.52. The van der Waals surface area contributed by atoms with Gasteiger partial charge in [0.25, 0.3) is 0 Å². The van der Waals surface area contributed by atoms with Crippen LogP contribution in [-0.2, 0) is 11.2 Å². The predicted octanol–water partition coefficient (Wildman–Crippen LogP) is 2.39. The summed E-state index contributed by atoms with van der Waals surface area (Å²) >= 11 is 0. The van der Waals surface area contributed by atoms with Gasteiger partial charge in [-0.1, -0.05) is 6.92 Å². The molecule has 3 rings (SSSR count). The first-order valence-corrected chi connectivity index (χ1v) is 9.28. The molecule has 23 heavy (non-hydrogen) atoms. The second-order valence-electron chi connectivity index (χ2n) is 6.97. The first-order chi connectivity index (χ1) is 11.3. The highest BCUT2D eigenvalue weighted by molar-refractivity contribution is 5.76. The van der Waals surface area contributed by atoms with E-state index in [0.29, 0.717) is 11.9 Å². The van der Waals surface area contributed by atoms with E-state index in [4.69, 9.17) is 0 Å². The van der Waals surface area contributed by atoms with E-state index in [1.54, 1.807) is 0 Å². The summed E-state index contributed by atoms with van der Waals surface area (Å²) in [6.07, 6.45) is 11.4. The fraction of sp³-hybridized carbons (Fsp3) is 0.778. The quantitative estimate of drug-likeness (QED) is 0.907. The molecule has 1 atom stereocenters. The fourth-order valence-corrected chi connectivity index (χ4v) is 4.01. The van der Waals surface area contributed by atoms with Gasteiger partial charge < -0.3 is 14.8 Å². The van der Waals surface area contributed by atoms with Gasteiger partial charge in [0.2, 0.25) is 5.91 Å². The summed E-state index contributed by atoms with van der Waals surface area (Å²) in [6.45, 7) is 6.16. The van der Waals surface area contributed by atoms with Crippen molar-refractivity contribution in [2.75, 3.05) is 26.2 Å². The first kappa shape index (κ1) is 16.5. The Labute approximate surface area is 139 Å². The largest absolute Gasteiger partial charge is 0.341 e. The van der Waals surface area contributed by atoms with Gasteiger partial charge in [0, 0.05) is 38.3 Å². The van der Waals surface area contributed by atoms with E-state index in [9.17, 15) is 4.79 Å². The number of amides is 1. The van der Waals surface area contributed by atoms with Crippen molar-refractivity contribution >= 4 is 5.91 Å². The number of aryl methyl sites for hydroxylation is 1. The van der Waals surface area contributed by atoms with E-state index < -0.39 is 0 Å². The van der Waals surface area contributed by atoms with Crippen LogP contribution in [0.3, 0.4) is 0 Å². The number of likely N-dealkylation sites (tertiary alicyclic amines) is 1. The van der Waals surface area contributed by atoms with Crippen LogP contribution in [0.2, 0.25) is 0 Å². The molecule has 1 amide bonds. The lowest BCUT2D eigenvalue weighted by atomic mass is 9.93. The molecule has 3 heterocycles. The standard InChI is InChI=1S/C18H30N4O/c1-2-17-20-11-13-22(17)16-4-3-12-21(14-16)18(23)6-5-15-7-9-19-10-8-15/h11,13,15-16,19H,2-10,12,14H2,1H3. The minimum absolute atomic E-state index is 0.353. The summed E-state index contributed by atoms with van der Waals surface area (Å²) in [6, 6.07) is 0.407. The lowest BCUT2D eigenvalue weighted by molar-refractivity contribution is -0.133. The minimum atomic E-state index is 0.353. The molecule has 1 aromatic rings. The van der Waals surface area contributed by atoms with E-state index in [0.717, 1.165) is 70.0 Å². The van der Waals surface area contributed by atoms with Crippen molar-refractivity contribution in [3.63, 3.8) is 0 Å². The lowest BCUT2D eigenvalue weighted by Crippen LogP contribution is -2.41. The maximum Gasteiger partial charge on any atom is 0.222 e. The van der Waals surface area contributed by atoms with Crippen LogP contribution < -0.4 is 5.32 Å². The summed E-state index contributed by atoms with van der Waals surface area (Å²) < 4.78 is 2.28. The van der Waals surface area contributed by atoms with Gasteiger partial charge in [0.15, 0.2) is 0 Å². The molecule has 0 aliphatic carbocycles. The van der Waals surface area contributed by atoms with Crippen molar-refractivity contribution in [2.45, 2.75) is 57.9 Å². The summed E-state index contributed by atoms with van der Waals surface area (Å²) in [5.41, 5.74) is 0. The molecule has 128 valence electrons. The molecule has 1 aromatic heterocycles. The zero-order valence-electron chi connectivity index (χ0n) is 14.3. The molecule has 5 nitrogen and oxygen atoms in total. The second-order valence-corrected chi connectivity index (χ2v) is 6.97. The van der Waals surface area contributed by atoms with Crippen LogP contribution in [0.5, 0.6) is 0 Å². The molecule has 2 saturated heterocycles. The molecule has 2 aliphatic heterocycles. The van der Waals surface area contributed by atoms with Crippen molar-refractivity contribution in [1.29, 1.82) is 0 Å². The van der Waals surface area contributed by atoms with Crippen molar-refractivity contribution in [1.82, 2.24) is 19.8 Å². The number of hydrogen-bond acceptors (Lipinski definition) is 3. The fourth-order valence-electron chi connectivity index (χ4n) is 4.01. The van der Waals surface area contributed by atoms with Gasteiger partial charge in [-0.2, -0.15) is 0 Å². The monoisotopic (exact) mass is 318 g/mol. The Kier molecular flexibility index (Phi) is 5.70. The lowest BCUT2D eigenvalue weighted by Gasteiger charge is -2.34. The summed E-state index contributed by atoms with van der Waals surface area (Å²) in [7, 11) is 0. The van der Waals surface area contributed by atoms with Gasteiger partial charge in [0.1, 0.15) is 5.82 Å². The van der Waals surface area contributed by atoms with Crippen LogP contribution in [0.25, 0.3) is 0 Å². The predicted molar refractivity (Wildman–Crippen MR) is 91.3 cm³/mol. The molecule has 1 N–H and O–H groups in total. The average Bonchev–Trinajstić information content (AvgIpc) is 3.09. The molecule has 0 radical (unpaired) electrons. The number of rotatable bonds is 5. The summed E-state index contributed by atoms with van der Waals surface area (Å²) in [5.74, 6) is 2.23. The summed E-state index contributed by atoms with van der Waals surface area (Å²) in [5, 5.41) is 3.39. The smallest absolute Gasteiger partial charge is 0.222 e. The second kappa shape index (κ2) is 7.95. The number of aromatic nitrogens is 2. The topological polar surface area (TPSA) is 50.2 Å². The highest BCUT2D eigenvalue weighted by Gasteiger charge is 2.26. The van der Waals surface area contributed by atoms with Gasteiger partial charge in [-0.05, 0) is 51.1 Å². The molecule has 1 unspecified atom stereocenters. The zero-order chi connectivity index (χ0) is 16.1. The average molecular weight is 318 g/mol. The van der Waals surface area contributed by atoms with Crippen LogP contribution in [-0.4, -0.2) is 46.5 Å². The number of carbonyl (C=O) groups is 1. The Hall–Kier alpha value is -1.36. The van der Waals surface area contributed by atoms with Crippen LogP contribution in [0.4, 0.5) is 0 Å². The van der Waals surface area contributed by atoms with Crippen LogP contribution in [0.1, 0.15) is 57.3 Å². The maximum absolute atomic E-state index is 12.6. The van der Waals surface area contributed by atoms with E-state index >= 15 is 0 Å². The zero-order valence-corrected chi connectivity index (χ0v) is 14.3. The third kappa shape index (κ3) is 4.14. The number of hydrogen-bond donors (Lipinski definition) is 1. The van der Waals surface area contributed by atoms with Gasteiger partial charge >= 0.3 is 0 Å². The number of piperidine rings is 2. The van der Waals surface area contributed by atoms with Crippen LogP contribution in [0.15, 0.2) is 12.4 Å². The normalized spacial score (nSPS) is 23.2. The Morgan fingerprint density at radius 1 is 1.35 bits per heavy atom. The van der Waals surface area contributed by atoms with Gasteiger partial charge in [-0.25, -0.2) is 4.98 Å². The molecule has 0 aromatic carbocycles. The SMILES string of the molecule is CCc1nccn1C1CCCN(C(=O)CCC2CCNCC2)C1. The molecular formula is C18H30N4O. The number of carbonyl (C=O) groups excluding carboxylic acids is 1. The van der Waals surface area contributed by atoms with Crippen molar-refractivity contribution in [2.24, 2.45) is 5.92 Å². The van der Waals surface area contributed by atoms with Crippen molar-refractivity contribution in [3.8, 4) is 0 Å². The first-order valence-electron chi connectivity index (χ1n) is 9.28. The third-order valence-electron chi connectivity index (χ3n) is 5.43. The molecular weight excluding hydrogens is 288 g/mol. The number of imidazole rings is 1. The van der Waals surface area contributed by atoms with Crippen molar-refractivity contribution < 1.29 is 4.79 Å². The van der Waals surface area contributed by atoms with E-state index in [2.05, 4.69) is 32.9 Å². The van der Waals surface area contributed by atoms with Gasteiger partial charge in [-0.3, -0.25) is 4.79 Å². The molecule has 0 spiro atoms. The van der Waals surface area contributed by atoms with Crippen LogP contribution in [0, 0.1) is 5.92 Å². The van der Waals surface area contributed by atoms with E-state index in [1.165, 1.54) is 12.8 Å². The Bertz CT molecular complexity index is 507. The summed E-state index contributed by atoms with van der Waals surface area (Å²) in [4.78, 5) is 19.1. The maximum atomic E-state index is 12.6. The molecule has 0 bridgehead atoms. The third-order valence-corrected chi connectivity index (χ3v) is 5.43.